The molecule has 2 nitrogen and oxygen atoms in total. The van der Waals surface area contributed by atoms with E-state index in [2.05, 4.69) is 0 Å². The zero-order chi connectivity index (χ0) is 8.60. The molecule has 3 heteroatoms. The van der Waals surface area contributed by atoms with Gasteiger partial charge in [-0.3, -0.25) is 4.79 Å². The van der Waals surface area contributed by atoms with Crippen LogP contribution in [0.25, 0.3) is 0 Å². The molecular weight excluding hydrogens is 157 g/mol. The average molecular weight is 171 g/mol. The van der Waals surface area contributed by atoms with E-state index in [1.165, 1.54) is 0 Å². The summed E-state index contributed by atoms with van der Waals surface area (Å²) >= 11 is 0. The Kier molecular flexibility index (Phi) is 1.81. The van der Waals surface area contributed by atoms with E-state index in [0.29, 0.717) is 12.8 Å². The van der Waals surface area contributed by atoms with Gasteiger partial charge < -0.3 is 4.90 Å². The van der Waals surface area contributed by atoms with Crippen molar-refractivity contribution in [3.63, 3.8) is 0 Å². The van der Waals surface area contributed by atoms with Gasteiger partial charge in [-0.25, -0.2) is 4.39 Å². The minimum absolute atomic E-state index is 0.244. The van der Waals surface area contributed by atoms with Crippen LogP contribution >= 0.6 is 0 Å². The number of carbonyl (C=O) groups is 1. The molecule has 12 heavy (non-hydrogen) atoms. The Bertz CT molecular complexity index is 195. The van der Waals surface area contributed by atoms with Crippen molar-refractivity contribution >= 4 is 5.91 Å². The van der Waals surface area contributed by atoms with Crippen molar-refractivity contribution < 1.29 is 9.18 Å². The van der Waals surface area contributed by atoms with Crippen LogP contribution in [-0.2, 0) is 4.79 Å². The predicted molar refractivity (Wildman–Crippen MR) is 43.5 cm³/mol. The van der Waals surface area contributed by atoms with Crippen LogP contribution in [0.5, 0.6) is 0 Å². The van der Waals surface area contributed by atoms with Gasteiger partial charge in [-0.1, -0.05) is 0 Å². The monoisotopic (exact) mass is 171 g/mol. The number of hydrogen-bond donors (Lipinski definition) is 0. The molecule has 1 amide bonds. The van der Waals surface area contributed by atoms with Crippen LogP contribution in [0.4, 0.5) is 4.39 Å². The normalized spacial score (nSPS) is 26.9. The van der Waals surface area contributed by atoms with Crippen LogP contribution in [0.3, 0.4) is 0 Å². The third kappa shape index (κ3) is 1.11. The summed E-state index contributed by atoms with van der Waals surface area (Å²) in [5.41, 5.74) is -1.47. The first-order chi connectivity index (χ1) is 5.72. The lowest BCUT2D eigenvalue weighted by Gasteiger charge is -2.35. The van der Waals surface area contributed by atoms with Crippen molar-refractivity contribution in [2.75, 3.05) is 13.1 Å². The molecule has 1 saturated heterocycles. The van der Waals surface area contributed by atoms with Crippen molar-refractivity contribution in [1.82, 2.24) is 4.90 Å². The van der Waals surface area contributed by atoms with Crippen LogP contribution in [0.1, 0.15) is 32.1 Å². The number of amides is 1. The van der Waals surface area contributed by atoms with Crippen molar-refractivity contribution in [1.29, 1.82) is 0 Å². The fourth-order valence-corrected chi connectivity index (χ4v) is 1.90. The number of halogens is 1. The molecule has 0 aromatic heterocycles. The first kappa shape index (κ1) is 8.02. The molecule has 0 bridgehead atoms. The van der Waals surface area contributed by atoms with E-state index in [0.717, 1.165) is 32.4 Å². The highest BCUT2D eigenvalue weighted by Gasteiger charge is 2.47. The van der Waals surface area contributed by atoms with Crippen molar-refractivity contribution in [3.8, 4) is 0 Å². The minimum Gasteiger partial charge on any atom is -0.340 e. The molecule has 0 radical (unpaired) electrons. The lowest BCUT2D eigenvalue weighted by atomic mass is 9.81. The van der Waals surface area contributed by atoms with E-state index in [9.17, 15) is 9.18 Å². The Morgan fingerprint density at radius 2 is 1.75 bits per heavy atom. The summed E-state index contributed by atoms with van der Waals surface area (Å²) < 4.78 is 13.6. The molecule has 0 atom stereocenters. The Balaban J connectivity index is 1.98. The molecular formula is C9H14FNO. The molecule has 2 rings (SSSR count). The zero-order valence-electron chi connectivity index (χ0n) is 7.18. The van der Waals surface area contributed by atoms with Gasteiger partial charge in [0.25, 0.3) is 5.91 Å². The van der Waals surface area contributed by atoms with Gasteiger partial charge in [0.2, 0.25) is 0 Å². The first-order valence-corrected chi connectivity index (χ1v) is 4.71. The Hall–Kier alpha value is -0.600. The summed E-state index contributed by atoms with van der Waals surface area (Å²) in [5.74, 6) is -0.244. The number of likely N-dealkylation sites (tertiary alicyclic amines) is 1. The minimum atomic E-state index is -1.47. The lowest BCUT2D eigenvalue weighted by molar-refractivity contribution is -0.148. The van der Waals surface area contributed by atoms with Crippen molar-refractivity contribution in [3.05, 3.63) is 0 Å². The fourth-order valence-electron chi connectivity index (χ4n) is 1.90. The van der Waals surface area contributed by atoms with E-state index < -0.39 is 5.67 Å². The predicted octanol–water partition coefficient (Wildman–Crippen LogP) is 1.50. The second-order valence-electron chi connectivity index (χ2n) is 3.82. The van der Waals surface area contributed by atoms with Gasteiger partial charge in [-0.2, -0.15) is 0 Å². The highest BCUT2D eigenvalue weighted by Crippen LogP contribution is 2.37. The molecule has 2 aliphatic rings. The van der Waals surface area contributed by atoms with Gasteiger partial charge >= 0.3 is 0 Å². The summed E-state index contributed by atoms with van der Waals surface area (Å²) in [5, 5.41) is 0. The topological polar surface area (TPSA) is 20.3 Å². The van der Waals surface area contributed by atoms with Gasteiger partial charge in [-0.05, 0) is 32.1 Å². The third-order valence-electron chi connectivity index (χ3n) is 2.92. The van der Waals surface area contributed by atoms with E-state index in [1.54, 1.807) is 4.90 Å². The third-order valence-corrected chi connectivity index (χ3v) is 2.92. The molecule has 1 saturated carbocycles. The summed E-state index contributed by atoms with van der Waals surface area (Å²) in [6.07, 6.45) is 3.85. The van der Waals surface area contributed by atoms with Gasteiger partial charge in [-0.15, -0.1) is 0 Å². The second-order valence-corrected chi connectivity index (χ2v) is 3.82. The first-order valence-electron chi connectivity index (χ1n) is 4.71. The van der Waals surface area contributed by atoms with Crippen molar-refractivity contribution in [2.45, 2.75) is 37.8 Å². The largest absolute Gasteiger partial charge is 0.340 e. The quantitative estimate of drug-likeness (QED) is 0.585. The Morgan fingerprint density at radius 3 is 2.17 bits per heavy atom. The summed E-state index contributed by atoms with van der Waals surface area (Å²) in [6, 6.07) is 0. The molecule has 0 aromatic rings. The van der Waals surface area contributed by atoms with Crippen LogP contribution < -0.4 is 0 Å². The maximum atomic E-state index is 13.6. The highest BCUT2D eigenvalue weighted by atomic mass is 19.1. The molecule has 1 heterocycles. The highest BCUT2D eigenvalue weighted by molar-refractivity contribution is 5.86. The number of hydrogen-bond acceptors (Lipinski definition) is 1. The van der Waals surface area contributed by atoms with E-state index in [-0.39, 0.29) is 5.91 Å². The van der Waals surface area contributed by atoms with Gasteiger partial charge in [0.1, 0.15) is 0 Å². The van der Waals surface area contributed by atoms with Crippen LogP contribution in [-0.4, -0.2) is 29.6 Å². The molecule has 0 unspecified atom stereocenters. The summed E-state index contributed by atoms with van der Waals surface area (Å²) in [6.45, 7) is 1.54. The smallest absolute Gasteiger partial charge is 0.260 e. The van der Waals surface area contributed by atoms with Gasteiger partial charge in [0.05, 0.1) is 0 Å². The zero-order valence-corrected chi connectivity index (χ0v) is 7.18. The molecule has 0 spiro atoms. The van der Waals surface area contributed by atoms with E-state index >= 15 is 0 Å². The second kappa shape index (κ2) is 2.71. The molecule has 1 aliphatic heterocycles. The van der Waals surface area contributed by atoms with E-state index in [4.69, 9.17) is 0 Å². The Labute approximate surface area is 71.7 Å². The SMILES string of the molecule is O=C(N1CCCC1)C1(F)CCC1. The summed E-state index contributed by atoms with van der Waals surface area (Å²) in [4.78, 5) is 13.2. The lowest BCUT2D eigenvalue weighted by Crippen LogP contribution is -2.49. The molecule has 1 aliphatic carbocycles. The number of carbonyl (C=O) groups excluding carboxylic acids is 1. The molecule has 0 aromatic carbocycles. The van der Waals surface area contributed by atoms with Gasteiger partial charge in [0.15, 0.2) is 5.67 Å². The van der Waals surface area contributed by atoms with Crippen LogP contribution in [0.15, 0.2) is 0 Å². The van der Waals surface area contributed by atoms with Crippen LogP contribution in [0.2, 0.25) is 0 Å². The standard InChI is InChI=1S/C9H14FNO/c10-9(4-3-5-9)8(12)11-6-1-2-7-11/h1-7H2. The summed E-state index contributed by atoms with van der Waals surface area (Å²) in [7, 11) is 0. The molecule has 2 fully saturated rings. The van der Waals surface area contributed by atoms with Crippen LogP contribution in [0, 0.1) is 0 Å². The Morgan fingerprint density at radius 1 is 1.17 bits per heavy atom. The fraction of sp³-hybridized carbons (Fsp3) is 0.889. The number of alkyl halides is 1. The van der Waals surface area contributed by atoms with Crippen molar-refractivity contribution in [2.24, 2.45) is 0 Å². The van der Waals surface area contributed by atoms with E-state index in [1.807, 2.05) is 0 Å². The molecule has 0 N–H and O–H groups in total. The maximum Gasteiger partial charge on any atom is 0.260 e. The maximum absolute atomic E-state index is 13.6. The average Bonchev–Trinajstić information content (AvgIpc) is 2.50. The number of nitrogens with zero attached hydrogens (tertiary/aromatic N) is 1. The molecule has 68 valence electrons. The number of rotatable bonds is 1. The van der Waals surface area contributed by atoms with Gasteiger partial charge in [0, 0.05) is 13.1 Å².